The van der Waals surface area contributed by atoms with Crippen LogP contribution in [-0.2, 0) is 9.47 Å². The Bertz CT molecular complexity index is 1470. The van der Waals surface area contributed by atoms with Crippen LogP contribution >= 0.6 is 0 Å². The van der Waals surface area contributed by atoms with Gasteiger partial charge >= 0.3 is 11.9 Å². The van der Waals surface area contributed by atoms with Gasteiger partial charge in [-0.2, -0.15) is 0 Å². The molecule has 10 heteroatoms. The summed E-state index contributed by atoms with van der Waals surface area (Å²) in [5, 5.41) is 19.5. The van der Waals surface area contributed by atoms with Gasteiger partial charge in [-0.25, -0.2) is 9.59 Å². The number of carbonyl (C=O) groups is 2. The molecule has 0 spiro atoms. The highest BCUT2D eigenvalue weighted by Gasteiger charge is 2.14. The molecule has 1 unspecified atom stereocenters. The summed E-state index contributed by atoms with van der Waals surface area (Å²) in [5.74, 6) is 0.259. The lowest BCUT2D eigenvalue weighted by Gasteiger charge is -2.14. The van der Waals surface area contributed by atoms with E-state index >= 15 is 0 Å². The monoisotopic (exact) mass is 588 g/mol. The molecule has 0 saturated carbocycles. The standard InChI is InChI=1S/C33H32O10/c1-23(39-20-21-41-25-12-16-27(17-13-25)43-33(37)29-7-3-5-9-31(29)35)22-38-18-19-40-24-10-14-26(15-11-24)42-32(36)28-6-2-4-8-30(28)34/h2-17,23,34-35H,18-22H2,1H3. The largest absolute Gasteiger partial charge is 0.507 e. The molecule has 0 aliphatic carbocycles. The molecule has 4 rings (SSSR count). The van der Waals surface area contributed by atoms with Crippen molar-refractivity contribution in [3.63, 3.8) is 0 Å². The van der Waals surface area contributed by atoms with Crippen LogP contribution in [0.1, 0.15) is 27.6 Å². The molecule has 43 heavy (non-hydrogen) atoms. The molecule has 0 aromatic heterocycles. The zero-order valence-electron chi connectivity index (χ0n) is 23.5. The van der Waals surface area contributed by atoms with Crippen molar-refractivity contribution in [2.75, 3.05) is 33.0 Å². The highest BCUT2D eigenvalue weighted by molar-refractivity contribution is 5.94. The van der Waals surface area contributed by atoms with Gasteiger partial charge in [0.05, 0.1) is 25.9 Å². The minimum Gasteiger partial charge on any atom is -0.507 e. The fraction of sp³-hybridized carbons (Fsp3) is 0.212. The van der Waals surface area contributed by atoms with Gasteiger partial charge in [-0.1, -0.05) is 24.3 Å². The zero-order chi connectivity index (χ0) is 30.4. The predicted octanol–water partition coefficient (Wildman–Crippen LogP) is 5.42. The van der Waals surface area contributed by atoms with Crippen molar-refractivity contribution in [3.05, 3.63) is 108 Å². The normalized spacial score (nSPS) is 11.4. The van der Waals surface area contributed by atoms with E-state index in [2.05, 4.69) is 0 Å². The second kappa shape index (κ2) is 15.8. The Labute approximate surface area is 248 Å². The zero-order valence-corrected chi connectivity index (χ0v) is 23.5. The van der Waals surface area contributed by atoms with Crippen LogP contribution in [0.25, 0.3) is 0 Å². The number of rotatable bonds is 15. The Hall–Kier alpha value is -5.06. The molecule has 0 amide bonds. The third-order valence-corrected chi connectivity index (χ3v) is 5.92. The molecule has 0 radical (unpaired) electrons. The second-order valence-electron chi connectivity index (χ2n) is 9.21. The first kappa shape index (κ1) is 30.9. The molecule has 0 aliphatic heterocycles. The number of benzene rings is 4. The van der Waals surface area contributed by atoms with E-state index in [-0.39, 0.29) is 28.7 Å². The summed E-state index contributed by atoms with van der Waals surface area (Å²) >= 11 is 0. The molecular weight excluding hydrogens is 556 g/mol. The molecule has 0 fully saturated rings. The average molecular weight is 589 g/mol. The number of esters is 2. The Morgan fingerprint density at radius 3 is 1.47 bits per heavy atom. The highest BCUT2D eigenvalue weighted by Crippen LogP contribution is 2.23. The molecule has 224 valence electrons. The van der Waals surface area contributed by atoms with Crippen molar-refractivity contribution in [3.8, 4) is 34.5 Å². The van der Waals surface area contributed by atoms with E-state index in [1.165, 1.54) is 24.3 Å². The molecule has 0 heterocycles. The summed E-state index contributed by atoms with van der Waals surface area (Å²) in [5.41, 5.74) is 0.175. The van der Waals surface area contributed by atoms with Crippen molar-refractivity contribution >= 4 is 11.9 Å². The van der Waals surface area contributed by atoms with Crippen molar-refractivity contribution in [1.82, 2.24) is 0 Å². The van der Waals surface area contributed by atoms with Gasteiger partial charge in [0, 0.05) is 0 Å². The number of carbonyl (C=O) groups excluding carboxylic acids is 2. The van der Waals surface area contributed by atoms with Crippen LogP contribution in [0.5, 0.6) is 34.5 Å². The van der Waals surface area contributed by atoms with Gasteiger partial charge in [0.15, 0.2) is 0 Å². The lowest BCUT2D eigenvalue weighted by atomic mass is 10.2. The highest BCUT2D eigenvalue weighted by atomic mass is 16.6. The van der Waals surface area contributed by atoms with Crippen molar-refractivity contribution in [1.29, 1.82) is 0 Å². The van der Waals surface area contributed by atoms with Crippen LogP contribution in [0.3, 0.4) is 0 Å². The van der Waals surface area contributed by atoms with Gasteiger partial charge in [0.1, 0.15) is 58.8 Å². The lowest BCUT2D eigenvalue weighted by Crippen LogP contribution is -2.21. The lowest BCUT2D eigenvalue weighted by molar-refractivity contribution is -0.0208. The van der Waals surface area contributed by atoms with Crippen LogP contribution in [-0.4, -0.2) is 61.3 Å². The van der Waals surface area contributed by atoms with E-state index in [0.717, 1.165) is 0 Å². The van der Waals surface area contributed by atoms with E-state index in [9.17, 15) is 19.8 Å². The maximum atomic E-state index is 12.2. The van der Waals surface area contributed by atoms with Gasteiger partial charge < -0.3 is 38.6 Å². The molecule has 4 aromatic carbocycles. The van der Waals surface area contributed by atoms with E-state index < -0.39 is 11.9 Å². The molecule has 0 bridgehead atoms. The average Bonchev–Trinajstić information content (AvgIpc) is 3.01. The Morgan fingerprint density at radius 2 is 1.00 bits per heavy atom. The first-order chi connectivity index (χ1) is 20.9. The summed E-state index contributed by atoms with van der Waals surface area (Å²) in [4.78, 5) is 24.4. The van der Waals surface area contributed by atoms with E-state index in [0.29, 0.717) is 56.0 Å². The number of para-hydroxylation sites is 2. The van der Waals surface area contributed by atoms with Gasteiger partial charge in [0.25, 0.3) is 0 Å². The number of aromatic hydroxyl groups is 2. The molecule has 0 aliphatic rings. The van der Waals surface area contributed by atoms with Gasteiger partial charge in [-0.3, -0.25) is 0 Å². The fourth-order valence-corrected chi connectivity index (χ4v) is 3.75. The van der Waals surface area contributed by atoms with Gasteiger partial charge in [-0.15, -0.1) is 0 Å². The Morgan fingerprint density at radius 1 is 0.581 bits per heavy atom. The van der Waals surface area contributed by atoms with E-state index in [1.54, 1.807) is 72.8 Å². The summed E-state index contributed by atoms with van der Waals surface area (Å²) < 4.78 is 33.2. The molecule has 4 aromatic rings. The van der Waals surface area contributed by atoms with Gasteiger partial charge in [-0.05, 0) is 79.7 Å². The van der Waals surface area contributed by atoms with Crippen LogP contribution < -0.4 is 18.9 Å². The first-order valence-corrected chi connectivity index (χ1v) is 13.5. The van der Waals surface area contributed by atoms with Crippen LogP contribution in [0.15, 0.2) is 97.1 Å². The smallest absolute Gasteiger partial charge is 0.347 e. The minimum atomic E-state index is -0.649. The third kappa shape index (κ3) is 9.77. The molecular formula is C33H32O10. The maximum Gasteiger partial charge on any atom is 0.347 e. The van der Waals surface area contributed by atoms with Crippen LogP contribution in [0.4, 0.5) is 0 Å². The van der Waals surface area contributed by atoms with Crippen molar-refractivity contribution < 1.29 is 48.2 Å². The minimum absolute atomic E-state index is 0.0875. The number of hydrogen-bond donors (Lipinski definition) is 2. The van der Waals surface area contributed by atoms with Crippen molar-refractivity contribution in [2.24, 2.45) is 0 Å². The summed E-state index contributed by atoms with van der Waals surface area (Å²) in [6.45, 7) is 3.62. The van der Waals surface area contributed by atoms with E-state index in [4.69, 9.17) is 28.4 Å². The summed E-state index contributed by atoms with van der Waals surface area (Å²) in [6.07, 6.45) is -0.155. The Balaban J connectivity index is 1.05. The molecule has 2 N–H and O–H groups in total. The first-order valence-electron chi connectivity index (χ1n) is 13.5. The van der Waals surface area contributed by atoms with E-state index in [1.807, 2.05) is 6.92 Å². The van der Waals surface area contributed by atoms with Crippen LogP contribution in [0, 0.1) is 0 Å². The topological polar surface area (TPSA) is 130 Å². The number of phenolic OH excluding ortho intramolecular Hbond substituents is 2. The molecule has 1 atom stereocenters. The quantitative estimate of drug-likeness (QED) is 0.106. The summed E-state index contributed by atoms with van der Waals surface area (Å²) in [6, 6.07) is 25.5. The van der Waals surface area contributed by atoms with Gasteiger partial charge in [0.2, 0.25) is 0 Å². The Kier molecular flexibility index (Phi) is 11.4. The second-order valence-corrected chi connectivity index (χ2v) is 9.21. The predicted molar refractivity (Wildman–Crippen MR) is 156 cm³/mol. The maximum absolute atomic E-state index is 12.2. The third-order valence-electron chi connectivity index (χ3n) is 5.92. The molecule has 10 nitrogen and oxygen atoms in total. The summed E-state index contributed by atoms with van der Waals surface area (Å²) in [7, 11) is 0. The number of ether oxygens (including phenoxy) is 6. The fourth-order valence-electron chi connectivity index (χ4n) is 3.75. The number of phenols is 2. The van der Waals surface area contributed by atoms with Crippen molar-refractivity contribution in [2.45, 2.75) is 13.0 Å². The SMILES string of the molecule is CC(COCCOc1ccc(OC(=O)c2ccccc2O)cc1)OCCOc1ccc(OC(=O)c2ccccc2O)cc1. The molecule has 0 saturated heterocycles. The van der Waals surface area contributed by atoms with Crippen LogP contribution in [0.2, 0.25) is 0 Å². The number of hydrogen-bond acceptors (Lipinski definition) is 10.